The molecule has 2 heterocycles. The standard InChI is InChI=1S/C27H36N4O5/c1-18-16-31(17-19(2)35-18)22-11-9-20(10-12-22)24(32)15-29-25(33)23(14-21-8-6-7-13-28-21)30-26(34)36-27(3,4)5/h6-13,18-19,23H,14-17H2,1-5H3,(H,29,33)(H,30,34)/t18-,19+,23-/m0/s1. The van der Waals surface area contributed by atoms with Crippen molar-refractivity contribution in [3.63, 3.8) is 0 Å². The smallest absolute Gasteiger partial charge is 0.408 e. The lowest BCUT2D eigenvalue weighted by molar-refractivity contribution is -0.123. The summed E-state index contributed by atoms with van der Waals surface area (Å²) < 4.78 is 11.1. The van der Waals surface area contributed by atoms with E-state index in [1.807, 2.05) is 26.0 Å². The number of nitrogens with zero attached hydrogens (tertiary/aromatic N) is 2. The molecule has 9 nitrogen and oxygen atoms in total. The minimum Gasteiger partial charge on any atom is -0.444 e. The number of anilines is 1. The molecule has 0 bridgehead atoms. The molecule has 2 aromatic rings. The summed E-state index contributed by atoms with van der Waals surface area (Å²) in [6.45, 7) is 10.7. The molecule has 1 aliphatic rings. The highest BCUT2D eigenvalue weighted by Crippen LogP contribution is 2.21. The Morgan fingerprint density at radius 1 is 1.08 bits per heavy atom. The highest BCUT2D eigenvalue weighted by atomic mass is 16.6. The van der Waals surface area contributed by atoms with Gasteiger partial charge < -0.3 is 25.0 Å². The van der Waals surface area contributed by atoms with E-state index >= 15 is 0 Å². The number of Topliss-reactive ketones (excluding diaryl/α,β-unsaturated/α-hetero) is 1. The topological polar surface area (TPSA) is 110 Å². The van der Waals surface area contributed by atoms with Gasteiger partial charge in [0.25, 0.3) is 0 Å². The molecule has 3 atom stereocenters. The predicted octanol–water partition coefficient (Wildman–Crippen LogP) is 3.13. The van der Waals surface area contributed by atoms with Crippen LogP contribution in [0.4, 0.5) is 10.5 Å². The monoisotopic (exact) mass is 496 g/mol. The predicted molar refractivity (Wildman–Crippen MR) is 137 cm³/mol. The fourth-order valence-corrected chi connectivity index (χ4v) is 4.03. The molecule has 0 radical (unpaired) electrons. The fraction of sp³-hybridized carbons (Fsp3) is 0.481. The van der Waals surface area contributed by atoms with Crippen molar-refractivity contribution in [3.05, 3.63) is 59.9 Å². The Morgan fingerprint density at radius 3 is 2.33 bits per heavy atom. The quantitative estimate of drug-likeness (QED) is 0.541. The Hall–Kier alpha value is -3.46. The second-order valence-corrected chi connectivity index (χ2v) is 10.1. The van der Waals surface area contributed by atoms with Gasteiger partial charge in [-0.05, 0) is 71.0 Å². The number of carbonyl (C=O) groups is 3. The zero-order valence-corrected chi connectivity index (χ0v) is 21.6. The summed E-state index contributed by atoms with van der Waals surface area (Å²) in [5.41, 5.74) is 1.43. The molecule has 1 fully saturated rings. The number of aromatic nitrogens is 1. The van der Waals surface area contributed by atoms with Crippen molar-refractivity contribution in [3.8, 4) is 0 Å². The summed E-state index contributed by atoms with van der Waals surface area (Å²) in [6, 6.07) is 11.7. The summed E-state index contributed by atoms with van der Waals surface area (Å²) in [4.78, 5) is 44.5. The summed E-state index contributed by atoms with van der Waals surface area (Å²) in [5.74, 6) is -0.722. The van der Waals surface area contributed by atoms with E-state index in [1.54, 1.807) is 57.3 Å². The van der Waals surface area contributed by atoms with Crippen LogP contribution in [0, 0.1) is 0 Å². The SMILES string of the molecule is C[C@@H]1CN(c2ccc(C(=O)CNC(=O)[C@H](Cc3ccccn3)NC(=O)OC(C)(C)C)cc2)C[C@H](C)O1. The van der Waals surface area contributed by atoms with Gasteiger partial charge in [-0.15, -0.1) is 0 Å². The van der Waals surface area contributed by atoms with Gasteiger partial charge in [-0.2, -0.15) is 0 Å². The molecule has 2 N–H and O–H groups in total. The van der Waals surface area contributed by atoms with Crippen LogP contribution in [-0.4, -0.2) is 66.3 Å². The molecular weight excluding hydrogens is 460 g/mol. The normalized spacial score (nSPS) is 18.8. The number of nitrogens with one attached hydrogen (secondary N) is 2. The molecule has 36 heavy (non-hydrogen) atoms. The highest BCUT2D eigenvalue weighted by Gasteiger charge is 2.26. The van der Waals surface area contributed by atoms with Crippen molar-refractivity contribution in [1.82, 2.24) is 15.6 Å². The lowest BCUT2D eigenvalue weighted by atomic mass is 10.1. The highest BCUT2D eigenvalue weighted by molar-refractivity contribution is 6.00. The van der Waals surface area contributed by atoms with Crippen LogP contribution in [-0.2, 0) is 20.7 Å². The minimum absolute atomic E-state index is 0.138. The van der Waals surface area contributed by atoms with E-state index < -0.39 is 23.6 Å². The average molecular weight is 497 g/mol. The number of amides is 2. The molecule has 1 saturated heterocycles. The van der Waals surface area contributed by atoms with Crippen LogP contribution in [0.15, 0.2) is 48.7 Å². The van der Waals surface area contributed by atoms with E-state index in [0.29, 0.717) is 11.3 Å². The third-order valence-electron chi connectivity index (χ3n) is 5.54. The van der Waals surface area contributed by atoms with E-state index in [0.717, 1.165) is 18.8 Å². The zero-order chi connectivity index (χ0) is 26.3. The van der Waals surface area contributed by atoms with Crippen molar-refractivity contribution in [2.45, 2.75) is 64.9 Å². The minimum atomic E-state index is -0.949. The first-order valence-electron chi connectivity index (χ1n) is 12.2. The largest absolute Gasteiger partial charge is 0.444 e. The Labute approximate surface area is 212 Å². The summed E-state index contributed by atoms with van der Waals surface area (Å²) in [5, 5.41) is 5.24. The van der Waals surface area contributed by atoms with Gasteiger partial charge in [0, 0.05) is 42.7 Å². The summed E-state index contributed by atoms with van der Waals surface area (Å²) in [6.07, 6.45) is 1.33. The number of hydrogen-bond donors (Lipinski definition) is 2. The van der Waals surface area contributed by atoms with Crippen molar-refractivity contribution in [2.24, 2.45) is 0 Å². The maximum absolute atomic E-state index is 12.9. The van der Waals surface area contributed by atoms with Crippen molar-refractivity contribution < 1.29 is 23.9 Å². The number of rotatable bonds is 8. The Morgan fingerprint density at radius 2 is 1.75 bits per heavy atom. The second-order valence-electron chi connectivity index (χ2n) is 10.1. The van der Waals surface area contributed by atoms with E-state index in [4.69, 9.17) is 9.47 Å². The molecule has 2 amide bonds. The van der Waals surface area contributed by atoms with E-state index in [9.17, 15) is 14.4 Å². The lowest BCUT2D eigenvalue weighted by Crippen LogP contribution is -2.50. The van der Waals surface area contributed by atoms with Crippen LogP contribution in [0.1, 0.15) is 50.7 Å². The third-order valence-corrected chi connectivity index (χ3v) is 5.54. The number of benzene rings is 1. The van der Waals surface area contributed by atoms with E-state index in [2.05, 4.69) is 20.5 Å². The molecule has 0 spiro atoms. The van der Waals surface area contributed by atoms with Gasteiger partial charge in [-0.1, -0.05) is 6.07 Å². The Kier molecular flexibility index (Phi) is 9.03. The first-order chi connectivity index (χ1) is 17.0. The molecule has 0 unspecified atom stereocenters. The first kappa shape index (κ1) is 27.1. The third kappa shape index (κ3) is 8.34. The average Bonchev–Trinajstić information content (AvgIpc) is 2.81. The van der Waals surface area contributed by atoms with Crippen LogP contribution >= 0.6 is 0 Å². The number of ketones is 1. The lowest BCUT2D eigenvalue weighted by Gasteiger charge is -2.36. The van der Waals surface area contributed by atoms with Crippen molar-refractivity contribution in [1.29, 1.82) is 0 Å². The number of ether oxygens (including phenoxy) is 2. The fourth-order valence-electron chi connectivity index (χ4n) is 4.03. The van der Waals surface area contributed by atoms with Crippen LogP contribution in [0.3, 0.4) is 0 Å². The number of carbonyl (C=O) groups excluding carboxylic acids is 3. The molecule has 1 aromatic carbocycles. The van der Waals surface area contributed by atoms with Crippen LogP contribution in [0.2, 0.25) is 0 Å². The van der Waals surface area contributed by atoms with Gasteiger partial charge in [0.2, 0.25) is 5.91 Å². The van der Waals surface area contributed by atoms with Gasteiger partial charge in [0.15, 0.2) is 5.78 Å². The van der Waals surface area contributed by atoms with Crippen LogP contribution in [0.5, 0.6) is 0 Å². The molecule has 0 aliphatic carbocycles. The van der Waals surface area contributed by atoms with Crippen LogP contribution < -0.4 is 15.5 Å². The van der Waals surface area contributed by atoms with Gasteiger partial charge in [0.1, 0.15) is 11.6 Å². The van der Waals surface area contributed by atoms with Crippen molar-refractivity contribution in [2.75, 3.05) is 24.5 Å². The maximum Gasteiger partial charge on any atom is 0.408 e. The van der Waals surface area contributed by atoms with E-state index in [-0.39, 0.29) is 31.0 Å². The molecule has 0 saturated carbocycles. The molecule has 9 heteroatoms. The molecule has 3 rings (SSSR count). The Balaban J connectivity index is 1.60. The van der Waals surface area contributed by atoms with Crippen molar-refractivity contribution >= 4 is 23.5 Å². The number of hydrogen-bond acceptors (Lipinski definition) is 7. The molecule has 194 valence electrons. The maximum atomic E-state index is 12.9. The zero-order valence-electron chi connectivity index (χ0n) is 21.6. The van der Waals surface area contributed by atoms with Gasteiger partial charge >= 0.3 is 6.09 Å². The number of alkyl carbamates (subject to hydrolysis) is 1. The molecular formula is C27H36N4O5. The molecule has 1 aliphatic heterocycles. The van der Waals surface area contributed by atoms with E-state index in [1.165, 1.54) is 0 Å². The second kappa shape index (κ2) is 12.0. The number of pyridine rings is 1. The first-order valence-corrected chi connectivity index (χ1v) is 12.2. The van der Waals surface area contributed by atoms with Gasteiger partial charge in [0.05, 0.1) is 18.8 Å². The molecule has 1 aromatic heterocycles. The van der Waals surface area contributed by atoms with Crippen LogP contribution in [0.25, 0.3) is 0 Å². The number of morpholine rings is 1. The van der Waals surface area contributed by atoms with Gasteiger partial charge in [-0.25, -0.2) is 4.79 Å². The van der Waals surface area contributed by atoms with Gasteiger partial charge in [-0.3, -0.25) is 14.6 Å². The summed E-state index contributed by atoms with van der Waals surface area (Å²) in [7, 11) is 0. The Bertz CT molecular complexity index is 1030. The summed E-state index contributed by atoms with van der Waals surface area (Å²) >= 11 is 0.